The second-order valence-corrected chi connectivity index (χ2v) is 12.9. The normalized spacial score (nSPS) is 13.8. The minimum absolute atomic E-state index is 0. The SMILES string of the molecule is CCSCC(CNS(=O)(=O)CC(C)C)C(=O)N[C@@H](Cc1ccccc1)[C@@H](O)CNCc1cccc(OC)c1.Cl. The van der Waals surface area contributed by atoms with Crippen LogP contribution in [0.5, 0.6) is 5.75 Å². The number of carbonyl (C=O) groups excluding carboxylic acids is 1. The first-order chi connectivity index (χ1) is 18.1. The minimum atomic E-state index is -3.48. The van der Waals surface area contributed by atoms with Crippen LogP contribution in [0.25, 0.3) is 0 Å². The van der Waals surface area contributed by atoms with E-state index in [-0.39, 0.29) is 43.1 Å². The summed E-state index contributed by atoms with van der Waals surface area (Å²) in [6, 6.07) is 16.8. The maximum atomic E-state index is 13.4. The summed E-state index contributed by atoms with van der Waals surface area (Å²) in [6.45, 7) is 6.51. The number of amides is 1. The monoisotopic (exact) mass is 601 g/mol. The summed E-state index contributed by atoms with van der Waals surface area (Å²) in [5, 5.41) is 17.4. The number of hydrogen-bond acceptors (Lipinski definition) is 7. The summed E-state index contributed by atoms with van der Waals surface area (Å²) in [5.74, 6) is 1.22. The van der Waals surface area contributed by atoms with Crippen molar-refractivity contribution in [1.29, 1.82) is 0 Å². The van der Waals surface area contributed by atoms with Crippen molar-refractivity contribution < 1.29 is 23.1 Å². The molecule has 220 valence electrons. The standard InChI is InChI=1S/C28H43N3O5S2.ClH/c1-5-37-19-24(17-30-38(34,35)20-21(2)3)28(33)31-26(15-22-10-7-6-8-11-22)27(32)18-29-16-23-12-9-13-25(14-23)36-4;/h6-14,21,24,26-27,29-30,32H,5,15-20H2,1-4H3,(H,31,33);1H/t24?,26-,27-;/m0./s1. The van der Waals surface area contributed by atoms with Crippen LogP contribution in [0, 0.1) is 11.8 Å². The van der Waals surface area contributed by atoms with E-state index in [9.17, 15) is 18.3 Å². The number of aliphatic hydroxyl groups is 1. The average Bonchev–Trinajstić information content (AvgIpc) is 2.88. The highest BCUT2D eigenvalue weighted by Crippen LogP contribution is 2.14. The molecule has 1 amide bonds. The maximum Gasteiger partial charge on any atom is 0.225 e. The maximum absolute atomic E-state index is 13.4. The lowest BCUT2D eigenvalue weighted by molar-refractivity contribution is -0.125. The van der Waals surface area contributed by atoms with Gasteiger partial charge in [0.15, 0.2) is 0 Å². The Hall–Kier alpha value is -1.82. The first-order valence-corrected chi connectivity index (χ1v) is 15.8. The van der Waals surface area contributed by atoms with Crippen molar-refractivity contribution in [2.45, 2.75) is 45.9 Å². The molecule has 2 aromatic rings. The molecule has 0 aliphatic rings. The van der Waals surface area contributed by atoms with Crippen molar-refractivity contribution in [2.75, 3.05) is 37.5 Å². The molecule has 0 aromatic heterocycles. The van der Waals surface area contributed by atoms with Crippen molar-refractivity contribution in [2.24, 2.45) is 11.8 Å². The van der Waals surface area contributed by atoms with E-state index in [0.717, 1.165) is 22.6 Å². The van der Waals surface area contributed by atoms with Gasteiger partial charge in [-0.2, -0.15) is 11.8 Å². The summed E-state index contributed by atoms with van der Waals surface area (Å²) in [7, 11) is -1.86. The molecule has 11 heteroatoms. The Labute approximate surface area is 244 Å². The topological polar surface area (TPSA) is 117 Å². The van der Waals surface area contributed by atoms with E-state index < -0.39 is 28.1 Å². The first-order valence-electron chi connectivity index (χ1n) is 13.0. The number of aliphatic hydroxyl groups excluding tert-OH is 1. The van der Waals surface area contributed by atoms with Gasteiger partial charge in [0, 0.05) is 25.4 Å². The molecule has 4 N–H and O–H groups in total. The lowest BCUT2D eigenvalue weighted by Crippen LogP contribution is -2.52. The number of rotatable bonds is 18. The summed E-state index contributed by atoms with van der Waals surface area (Å²) in [5.41, 5.74) is 2.01. The van der Waals surface area contributed by atoms with Gasteiger partial charge in [0.1, 0.15) is 5.75 Å². The highest BCUT2D eigenvalue weighted by molar-refractivity contribution is 7.99. The molecule has 0 fully saturated rings. The van der Waals surface area contributed by atoms with Gasteiger partial charge >= 0.3 is 0 Å². The molecule has 0 saturated heterocycles. The zero-order chi connectivity index (χ0) is 28.0. The Morgan fingerprint density at radius 1 is 1.05 bits per heavy atom. The number of methoxy groups -OCH3 is 1. The highest BCUT2D eigenvalue weighted by Gasteiger charge is 2.27. The Morgan fingerprint density at radius 2 is 1.74 bits per heavy atom. The molecule has 0 radical (unpaired) electrons. The van der Waals surface area contributed by atoms with Crippen LogP contribution < -0.4 is 20.1 Å². The average molecular weight is 602 g/mol. The van der Waals surface area contributed by atoms with Crippen molar-refractivity contribution in [3.05, 3.63) is 65.7 Å². The van der Waals surface area contributed by atoms with E-state index in [0.29, 0.717) is 18.7 Å². The van der Waals surface area contributed by atoms with Gasteiger partial charge in [0.25, 0.3) is 0 Å². The fourth-order valence-electron chi connectivity index (χ4n) is 3.95. The van der Waals surface area contributed by atoms with E-state index in [2.05, 4.69) is 15.4 Å². The van der Waals surface area contributed by atoms with Gasteiger partial charge < -0.3 is 20.5 Å². The van der Waals surface area contributed by atoms with Crippen molar-refractivity contribution in [3.8, 4) is 5.75 Å². The fraction of sp³-hybridized carbons (Fsp3) is 0.536. The summed E-state index contributed by atoms with van der Waals surface area (Å²) in [4.78, 5) is 13.4. The molecule has 0 spiro atoms. The second-order valence-electron chi connectivity index (χ2n) is 9.73. The van der Waals surface area contributed by atoms with Crippen molar-refractivity contribution >= 4 is 40.1 Å². The van der Waals surface area contributed by atoms with Crippen LogP contribution in [0.4, 0.5) is 0 Å². The molecular weight excluding hydrogens is 558 g/mol. The second kappa shape index (κ2) is 18.5. The zero-order valence-corrected chi connectivity index (χ0v) is 25.7. The lowest BCUT2D eigenvalue weighted by Gasteiger charge is -2.27. The predicted molar refractivity (Wildman–Crippen MR) is 163 cm³/mol. The largest absolute Gasteiger partial charge is 0.497 e. The third-order valence-corrected chi connectivity index (χ3v) is 8.66. The van der Waals surface area contributed by atoms with Crippen LogP contribution in [0.15, 0.2) is 54.6 Å². The van der Waals surface area contributed by atoms with Crippen molar-refractivity contribution in [3.63, 3.8) is 0 Å². The molecule has 0 aliphatic heterocycles. The third-order valence-electron chi connectivity index (χ3n) is 5.90. The summed E-state index contributed by atoms with van der Waals surface area (Å²) < 4.78 is 32.6. The van der Waals surface area contributed by atoms with Crippen molar-refractivity contribution in [1.82, 2.24) is 15.4 Å². The Balaban J connectivity index is 0.00000760. The van der Waals surface area contributed by atoms with Crippen LogP contribution in [-0.4, -0.2) is 69.0 Å². The van der Waals surface area contributed by atoms with Gasteiger partial charge in [-0.25, -0.2) is 13.1 Å². The van der Waals surface area contributed by atoms with Crippen LogP contribution in [0.3, 0.4) is 0 Å². The smallest absolute Gasteiger partial charge is 0.225 e. The Kier molecular flexibility index (Phi) is 16.7. The van der Waals surface area contributed by atoms with Gasteiger partial charge in [-0.3, -0.25) is 4.79 Å². The predicted octanol–water partition coefficient (Wildman–Crippen LogP) is 3.24. The van der Waals surface area contributed by atoms with Gasteiger partial charge in [0.05, 0.1) is 30.9 Å². The number of halogens is 1. The van der Waals surface area contributed by atoms with Crippen LogP contribution in [-0.2, 0) is 27.8 Å². The third kappa shape index (κ3) is 13.9. The summed E-state index contributed by atoms with van der Waals surface area (Å²) in [6.07, 6.45) is -0.414. The molecule has 1 unspecified atom stereocenters. The number of ether oxygens (including phenoxy) is 1. The zero-order valence-electron chi connectivity index (χ0n) is 23.3. The van der Waals surface area contributed by atoms with E-state index in [1.54, 1.807) is 18.9 Å². The molecule has 0 bridgehead atoms. The molecule has 0 heterocycles. The van der Waals surface area contributed by atoms with E-state index in [1.807, 2.05) is 75.4 Å². The number of hydrogen-bond donors (Lipinski definition) is 4. The molecule has 2 rings (SSSR count). The number of sulfonamides is 1. The summed E-state index contributed by atoms with van der Waals surface area (Å²) >= 11 is 1.58. The lowest BCUT2D eigenvalue weighted by atomic mass is 10.00. The van der Waals surface area contributed by atoms with Gasteiger partial charge in [-0.05, 0) is 41.4 Å². The number of nitrogens with one attached hydrogen (secondary N) is 3. The van der Waals surface area contributed by atoms with Gasteiger partial charge in [-0.1, -0.05) is 63.2 Å². The number of carbonyl (C=O) groups is 1. The Morgan fingerprint density at radius 3 is 2.38 bits per heavy atom. The first kappa shape index (κ1) is 35.2. The van der Waals surface area contributed by atoms with E-state index >= 15 is 0 Å². The molecule has 0 aliphatic carbocycles. The molecule has 3 atom stereocenters. The quantitative estimate of drug-likeness (QED) is 0.207. The Bertz CT molecular complexity index is 1070. The van der Waals surface area contributed by atoms with E-state index in [4.69, 9.17) is 4.74 Å². The highest BCUT2D eigenvalue weighted by atomic mass is 35.5. The number of benzene rings is 2. The molecular formula is C28H44ClN3O5S2. The number of thioether (sulfide) groups is 1. The molecule has 0 saturated carbocycles. The minimum Gasteiger partial charge on any atom is -0.497 e. The molecule has 8 nitrogen and oxygen atoms in total. The van der Waals surface area contributed by atoms with Crippen LogP contribution in [0.1, 0.15) is 31.9 Å². The molecule has 39 heavy (non-hydrogen) atoms. The van der Waals surface area contributed by atoms with Gasteiger partial charge in [0.2, 0.25) is 15.9 Å². The van der Waals surface area contributed by atoms with E-state index in [1.165, 1.54) is 0 Å². The fourth-order valence-corrected chi connectivity index (χ4v) is 6.19. The van der Waals surface area contributed by atoms with Crippen LogP contribution in [0.2, 0.25) is 0 Å². The molecule has 2 aromatic carbocycles. The van der Waals surface area contributed by atoms with Crippen LogP contribution >= 0.6 is 24.2 Å². The van der Waals surface area contributed by atoms with Gasteiger partial charge in [-0.15, -0.1) is 12.4 Å².